The molecule has 3 aromatic carbocycles. The molecule has 0 radical (unpaired) electrons. The summed E-state index contributed by atoms with van der Waals surface area (Å²) in [4.78, 5) is 23.5. The van der Waals surface area contributed by atoms with Gasteiger partial charge in [-0.25, -0.2) is 9.97 Å². The molecule has 33 heavy (non-hydrogen) atoms. The molecule has 2 aromatic heterocycles. The number of thiazole rings is 1. The Hall–Kier alpha value is -3.25. The van der Waals surface area contributed by atoms with E-state index in [0.717, 1.165) is 28.1 Å². The second-order valence-electron chi connectivity index (χ2n) is 7.47. The van der Waals surface area contributed by atoms with Crippen LogP contribution in [0.25, 0.3) is 22.2 Å². The minimum Gasteiger partial charge on any atom is -0.298 e. The van der Waals surface area contributed by atoms with Gasteiger partial charge in [0.15, 0.2) is 5.13 Å². The van der Waals surface area contributed by atoms with Crippen LogP contribution in [-0.2, 0) is 6.42 Å². The third-order valence-electron chi connectivity index (χ3n) is 5.15. The van der Waals surface area contributed by atoms with Crippen molar-refractivity contribution >= 4 is 56.5 Å². The molecule has 0 aliphatic heterocycles. The normalized spacial score (nSPS) is 11.0. The zero-order valence-electron chi connectivity index (χ0n) is 17.3. The maximum atomic E-state index is 13.3. The number of hydrogen-bond acceptors (Lipinski definition) is 4. The molecular formula is C26H17Cl2N3OS. The van der Waals surface area contributed by atoms with E-state index in [4.69, 9.17) is 28.2 Å². The molecule has 1 N–H and O–H groups in total. The molecule has 5 aromatic rings. The number of anilines is 1. The predicted octanol–water partition coefficient (Wildman–Crippen LogP) is 7.51. The summed E-state index contributed by atoms with van der Waals surface area (Å²) in [7, 11) is 0. The lowest BCUT2D eigenvalue weighted by Crippen LogP contribution is -2.13. The maximum absolute atomic E-state index is 13.3. The fourth-order valence-electron chi connectivity index (χ4n) is 3.56. The van der Waals surface area contributed by atoms with Crippen molar-refractivity contribution in [1.29, 1.82) is 0 Å². The number of carbonyl (C=O) groups excluding carboxylic acids is 1. The molecule has 5 rings (SSSR count). The second-order valence-corrected chi connectivity index (χ2v) is 9.46. The third kappa shape index (κ3) is 4.91. The predicted molar refractivity (Wildman–Crippen MR) is 137 cm³/mol. The first-order chi connectivity index (χ1) is 16.0. The van der Waals surface area contributed by atoms with Gasteiger partial charge in [0.05, 0.1) is 16.8 Å². The maximum Gasteiger partial charge on any atom is 0.258 e. The van der Waals surface area contributed by atoms with Gasteiger partial charge in [0.2, 0.25) is 0 Å². The van der Waals surface area contributed by atoms with Crippen LogP contribution in [0, 0.1) is 0 Å². The lowest BCUT2D eigenvalue weighted by molar-refractivity contribution is 0.102. The van der Waals surface area contributed by atoms with Crippen LogP contribution >= 0.6 is 34.5 Å². The van der Waals surface area contributed by atoms with Crippen molar-refractivity contribution in [3.8, 4) is 11.3 Å². The third-order valence-corrected chi connectivity index (χ3v) is 6.55. The molecule has 162 valence electrons. The molecule has 7 heteroatoms. The van der Waals surface area contributed by atoms with Crippen LogP contribution in [0.15, 0.2) is 85.1 Å². The van der Waals surface area contributed by atoms with E-state index < -0.39 is 0 Å². The molecule has 0 spiro atoms. The Labute approximate surface area is 204 Å². The molecule has 0 bridgehead atoms. The van der Waals surface area contributed by atoms with Crippen molar-refractivity contribution in [1.82, 2.24) is 9.97 Å². The number of nitrogens with zero attached hydrogens (tertiary/aromatic N) is 2. The summed E-state index contributed by atoms with van der Waals surface area (Å²) in [6.07, 6.45) is 2.50. The molecule has 0 saturated heterocycles. The van der Waals surface area contributed by atoms with Crippen molar-refractivity contribution in [3.63, 3.8) is 0 Å². The van der Waals surface area contributed by atoms with Gasteiger partial charge in [-0.3, -0.25) is 10.1 Å². The topological polar surface area (TPSA) is 54.9 Å². The SMILES string of the molecule is O=C(Nc1ncc(Cc2ccc(Cl)cc2)s1)c1cc(-c2ccccc2)nc2ccc(Cl)cc12. The summed E-state index contributed by atoms with van der Waals surface area (Å²) in [5, 5.41) is 5.42. The zero-order chi connectivity index (χ0) is 22.8. The Morgan fingerprint density at radius 1 is 0.909 bits per heavy atom. The number of aromatic nitrogens is 2. The smallest absolute Gasteiger partial charge is 0.258 e. The van der Waals surface area contributed by atoms with Gasteiger partial charge in [0.25, 0.3) is 5.91 Å². The van der Waals surface area contributed by atoms with Crippen LogP contribution < -0.4 is 5.32 Å². The zero-order valence-corrected chi connectivity index (χ0v) is 19.6. The first-order valence-electron chi connectivity index (χ1n) is 10.2. The van der Waals surface area contributed by atoms with Gasteiger partial charge < -0.3 is 0 Å². The Morgan fingerprint density at radius 2 is 1.67 bits per heavy atom. The summed E-state index contributed by atoms with van der Waals surface area (Å²) >= 11 is 13.6. The molecule has 0 aliphatic rings. The van der Waals surface area contributed by atoms with Gasteiger partial charge in [0.1, 0.15) is 0 Å². The van der Waals surface area contributed by atoms with Crippen LogP contribution in [-0.4, -0.2) is 15.9 Å². The minimum atomic E-state index is -0.255. The van der Waals surface area contributed by atoms with E-state index in [1.54, 1.807) is 24.4 Å². The average molecular weight is 490 g/mol. The molecule has 0 unspecified atom stereocenters. The number of hydrogen-bond donors (Lipinski definition) is 1. The number of fused-ring (bicyclic) bond motifs is 1. The lowest BCUT2D eigenvalue weighted by atomic mass is 10.0. The van der Waals surface area contributed by atoms with Crippen LogP contribution in [0.3, 0.4) is 0 Å². The minimum absolute atomic E-state index is 0.255. The Balaban J connectivity index is 1.45. The highest BCUT2D eigenvalue weighted by Crippen LogP contribution is 2.29. The fraction of sp³-hybridized carbons (Fsp3) is 0.0385. The highest BCUT2D eigenvalue weighted by molar-refractivity contribution is 7.15. The Bertz CT molecular complexity index is 1450. The quantitative estimate of drug-likeness (QED) is 0.277. The summed E-state index contributed by atoms with van der Waals surface area (Å²) in [6.45, 7) is 0. The van der Waals surface area contributed by atoms with Gasteiger partial charge >= 0.3 is 0 Å². The van der Waals surface area contributed by atoms with Crippen LogP contribution in [0.4, 0.5) is 5.13 Å². The van der Waals surface area contributed by atoms with E-state index in [1.807, 2.05) is 60.7 Å². The van der Waals surface area contributed by atoms with Crippen molar-refractivity contribution in [2.75, 3.05) is 5.32 Å². The lowest BCUT2D eigenvalue weighted by Gasteiger charge is -2.10. The summed E-state index contributed by atoms with van der Waals surface area (Å²) in [5.74, 6) is -0.255. The van der Waals surface area contributed by atoms with Gasteiger partial charge in [-0.15, -0.1) is 11.3 Å². The summed E-state index contributed by atoms with van der Waals surface area (Å²) < 4.78 is 0. The van der Waals surface area contributed by atoms with E-state index in [-0.39, 0.29) is 5.91 Å². The molecule has 0 atom stereocenters. The molecule has 0 saturated carbocycles. The molecule has 0 aliphatic carbocycles. The number of benzene rings is 3. The average Bonchev–Trinajstić information content (AvgIpc) is 3.27. The van der Waals surface area contributed by atoms with Crippen molar-refractivity contribution in [3.05, 3.63) is 111 Å². The van der Waals surface area contributed by atoms with E-state index >= 15 is 0 Å². The van der Waals surface area contributed by atoms with Crippen molar-refractivity contribution < 1.29 is 4.79 Å². The molecule has 4 nitrogen and oxygen atoms in total. The van der Waals surface area contributed by atoms with E-state index in [0.29, 0.717) is 31.6 Å². The number of nitrogens with one attached hydrogen (secondary N) is 1. The first-order valence-corrected chi connectivity index (χ1v) is 11.8. The van der Waals surface area contributed by atoms with Crippen LogP contribution in [0.5, 0.6) is 0 Å². The van der Waals surface area contributed by atoms with Crippen molar-refractivity contribution in [2.24, 2.45) is 0 Å². The monoisotopic (exact) mass is 489 g/mol. The van der Waals surface area contributed by atoms with E-state index in [9.17, 15) is 4.79 Å². The van der Waals surface area contributed by atoms with Gasteiger partial charge in [0, 0.05) is 38.5 Å². The van der Waals surface area contributed by atoms with E-state index in [2.05, 4.69) is 10.3 Å². The highest BCUT2D eigenvalue weighted by Gasteiger charge is 2.16. The molecule has 2 heterocycles. The Morgan fingerprint density at radius 3 is 2.45 bits per heavy atom. The van der Waals surface area contributed by atoms with E-state index in [1.165, 1.54) is 11.3 Å². The number of rotatable bonds is 5. The largest absolute Gasteiger partial charge is 0.298 e. The van der Waals surface area contributed by atoms with Crippen molar-refractivity contribution in [2.45, 2.75) is 6.42 Å². The first kappa shape index (κ1) is 21.6. The summed E-state index contributed by atoms with van der Waals surface area (Å²) in [6, 6.07) is 24.6. The van der Waals surface area contributed by atoms with Crippen LogP contribution in [0.1, 0.15) is 20.8 Å². The number of carbonyl (C=O) groups is 1. The molecular weight excluding hydrogens is 473 g/mol. The number of pyridine rings is 1. The van der Waals surface area contributed by atoms with Gasteiger partial charge in [-0.2, -0.15) is 0 Å². The fourth-order valence-corrected chi connectivity index (χ4v) is 4.70. The molecule has 1 amide bonds. The highest BCUT2D eigenvalue weighted by atomic mass is 35.5. The van der Waals surface area contributed by atoms with Gasteiger partial charge in [-0.05, 0) is 42.0 Å². The number of amides is 1. The summed E-state index contributed by atoms with van der Waals surface area (Å²) in [5.41, 5.74) is 3.98. The Kier molecular flexibility index (Phi) is 6.09. The standard InChI is InChI=1S/C26H17Cl2N3OS/c27-18-8-6-16(7-9-18)12-20-15-29-26(33-20)31-25(32)22-14-24(17-4-2-1-3-5-17)30-23-11-10-19(28)13-21(22)23/h1-11,13-15H,12H2,(H,29,31,32). The molecule has 0 fully saturated rings. The van der Waals surface area contributed by atoms with Crippen LogP contribution in [0.2, 0.25) is 10.0 Å². The van der Waals surface area contributed by atoms with Gasteiger partial charge in [-0.1, -0.05) is 65.7 Å². The second kappa shape index (κ2) is 9.32. The number of halogens is 2.